The fraction of sp³-hybridized carbons (Fsp3) is 0.312. The van der Waals surface area contributed by atoms with Crippen LogP contribution in [0.2, 0.25) is 0 Å². The molecule has 128 valence electrons. The largest absolute Gasteiger partial charge is 0.497 e. The third-order valence-corrected chi connectivity index (χ3v) is 4.17. The van der Waals surface area contributed by atoms with E-state index in [0.29, 0.717) is 30.9 Å². The molecule has 0 atom stereocenters. The minimum Gasteiger partial charge on any atom is -0.497 e. The molecular weight excluding hydrogens is 322 g/mol. The van der Waals surface area contributed by atoms with Gasteiger partial charge in [0.1, 0.15) is 18.0 Å². The zero-order chi connectivity index (χ0) is 17.2. The lowest BCUT2D eigenvalue weighted by Gasteiger charge is -2.38. The van der Waals surface area contributed by atoms with Crippen molar-refractivity contribution < 1.29 is 9.53 Å². The van der Waals surface area contributed by atoms with Gasteiger partial charge >= 0.3 is 0 Å². The molecule has 0 bridgehead atoms. The van der Waals surface area contributed by atoms with Crippen molar-refractivity contribution >= 4 is 5.91 Å². The Kier molecular flexibility index (Phi) is 3.88. The van der Waals surface area contributed by atoms with E-state index in [1.165, 1.54) is 0 Å². The molecule has 0 radical (unpaired) electrons. The first-order valence-electron chi connectivity index (χ1n) is 7.91. The number of carbonyl (C=O) groups is 1. The van der Waals surface area contributed by atoms with Gasteiger partial charge in [0.05, 0.1) is 31.7 Å². The van der Waals surface area contributed by atoms with Crippen LogP contribution < -0.4 is 4.74 Å². The summed E-state index contributed by atoms with van der Waals surface area (Å²) in [5.74, 6) is 0.673. The first-order valence-corrected chi connectivity index (χ1v) is 7.91. The van der Waals surface area contributed by atoms with Crippen molar-refractivity contribution in [1.29, 1.82) is 0 Å². The molecule has 4 rings (SSSR count). The summed E-state index contributed by atoms with van der Waals surface area (Å²) in [6, 6.07) is 7.32. The summed E-state index contributed by atoms with van der Waals surface area (Å²) >= 11 is 0. The van der Waals surface area contributed by atoms with Crippen molar-refractivity contribution in [2.24, 2.45) is 0 Å². The third kappa shape index (κ3) is 3.08. The molecule has 1 fully saturated rings. The number of methoxy groups -OCH3 is 1. The lowest BCUT2D eigenvalue weighted by molar-refractivity contribution is 0.0498. The molecule has 9 heteroatoms. The summed E-state index contributed by atoms with van der Waals surface area (Å²) in [4.78, 5) is 15.8. The maximum absolute atomic E-state index is 12.5. The van der Waals surface area contributed by atoms with E-state index in [2.05, 4.69) is 20.5 Å². The predicted octanol–water partition coefficient (Wildman–Crippen LogP) is 0.624. The number of likely N-dealkylation sites (tertiary alicyclic amines) is 1. The predicted molar refractivity (Wildman–Crippen MR) is 87.1 cm³/mol. The summed E-state index contributed by atoms with van der Waals surface area (Å²) < 4.78 is 6.97. The molecule has 1 aromatic carbocycles. The van der Waals surface area contributed by atoms with E-state index < -0.39 is 0 Å². The summed E-state index contributed by atoms with van der Waals surface area (Å²) in [6.07, 6.45) is 5.12. The van der Waals surface area contributed by atoms with Gasteiger partial charge in [-0.1, -0.05) is 11.3 Å². The molecule has 3 heterocycles. The maximum Gasteiger partial charge on any atom is 0.254 e. The van der Waals surface area contributed by atoms with Crippen molar-refractivity contribution in [1.82, 2.24) is 34.9 Å². The molecule has 1 amide bonds. The number of ether oxygens (including phenoxy) is 1. The van der Waals surface area contributed by atoms with Gasteiger partial charge < -0.3 is 9.64 Å². The molecule has 2 aromatic heterocycles. The Hall–Kier alpha value is -3.23. The van der Waals surface area contributed by atoms with Crippen LogP contribution >= 0.6 is 0 Å². The number of amides is 1. The molecule has 3 aromatic rings. The number of rotatable bonds is 5. The monoisotopic (exact) mass is 339 g/mol. The van der Waals surface area contributed by atoms with Gasteiger partial charge in [0.2, 0.25) is 0 Å². The van der Waals surface area contributed by atoms with E-state index in [-0.39, 0.29) is 11.9 Å². The number of hydrogen-bond acceptors (Lipinski definition) is 6. The topological polar surface area (TPSA) is 91.0 Å². The van der Waals surface area contributed by atoms with Gasteiger partial charge in [-0.3, -0.25) is 4.79 Å². The van der Waals surface area contributed by atoms with Crippen molar-refractivity contribution in [3.63, 3.8) is 0 Å². The molecular formula is C16H17N7O2. The summed E-state index contributed by atoms with van der Waals surface area (Å²) in [5, 5.41) is 16.4. The Balaban J connectivity index is 1.37. The Labute approximate surface area is 143 Å². The van der Waals surface area contributed by atoms with E-state index in [0.717, 1.165) is 5.69 Å². The van der Waals surface area contributed by atoms with Crippen molar-refractivity contribution in [2.45, 2.75) is 12.6 Å². The summed E-state index contributed by atoms with van der Waals surface area (Å²) in [5.41, 5.74) is 1.41. The molecule has 25 heavy (non-hydrogen) atoms. The second-order valence-electron chi connectivity index (χ2n) is 5.85. The van der Waals surface area contributed by atoms with E-state index >= 15 is 0 Å². The highest BCUT2D eigenvalue weighted by molar-refractivity contribution is 5.95. The molecule has 0 unspecified atom stereocenters. The molecule has 0 aliphatic carbocycles. The zero-order valence-corrected chi connectivity index (χ0v) is 13.7. The number of nitrogens with zero attached hydrogens (tertiary/aromatic N) is 7. The van der Waals surface area contributed by atoms with E-state index in [4.69, 9.17) is 4.74 Å². The summed E-state index contributed by atoms with van der Waals surface area (Å²) in [6.45, 7) is 1.70. The number of benzene rings is 1. The van der Waals surface area contributed by atoms with Gasteiger partial charge in [0.15, 0.2) is 0 Å². The van der Waals surface area contributed by atoms with Gasteiger partial charge in [-0.2, -0.15) is 15.0 Å². The van der Waals surface area contributed by atoms with E-state index in [1.807, 2.05) is 18.3 Å². The second kappa shape index (κ2) is 6.34. The van der Waals surface area contributed by atoms with Gasteiger partial charge in [-0.15, -0.1) is 5.10 Å². The van der Waals surface area contributed by atoms with Gasteiger partial charge in [0, 0.05) is 18.7 Å². The fourth-order valence-corrected chi connectivity index (χ4v) is 2.76. The second-order valence-corrected chi connectivity index (χ2v) is 5.85. The Morgan fingerprint density at radius 1 is 1.28 bits per heavy atom. The molecule has 1 aliphatic rings. The van der Waals surface area contributed by atoms with Gasteiger partial charge in [-0.25, -0.2) is 4.68 Å². The van der Waals surface area contributed by atoms with Crippen LogP contribution in [0.4, 0.5) is 0 Å². The quantitative estimate of drug-likeness (QED) is 0.677. The van der Waals surface area contributed by atoms with Crippen LogP contribution in [-0.2, 0) is 6.54 Å². The minimum atomic E-state index is -0.00349. The van der Waals surface area contributed by atoms with Crippen LogP contribution in [0, 0.1) is 0 Å². The first-order chi connectivity index (χ1) is 12.2. The van der Waals surface area contributed by atoms with Crippen LogP contribution in [0.25, 0.3) is 0 Å². The molecule has 0 spiro atoms. The lowest BCUT2D eigenvalue weighted by atomic mass is 10.1. The Morgan fingerprint density at radius 3 is 2.84 bits per heavy atom. The minimum absolute atomic E-state index is 0.00349. The van der Waals surface area contributed by atoms with Gasteiger partial charge in [0.25, 0.3) is 5.91 Å². The average Bonchev–Trinajstić information content (AvgIpc) is 3.26. The molecule has 1 saturated heterocycles. The van der Waals surface area contributed by atoms with E-state index in [1.54, 1.807) is 46.0 Å². The number of carbonyl (C=O) groups excluding carboxylic acids is 1. The molecule has 0 saturated carbocycles. The van der Waals surface area contributed by atoms with Crippen molar-refractivity contribution in [3.05, 3.63) is 54.1 Å². The Bertz CT molecular complexity index is 868. The van der Waals surface area contributed by atoms with Gasteiger partial charge in [-0.05, 0) is 18.2 Å². The lowest BCUT2D eigenvalue weighted by Crippen LogP contribution is -2.50. The molecule has 0 N–H and O–H groups in total. The molecule has 1 aliphatic heterocycles. The van der Waals surface area contributed by atoms with Crippen LogP contribution in [0.15, 0.2) is 42.9 Å². The third-order valence-electron chi connectivity index (χ3n) is 4.17. The van der Waals surface area contributed by atoms with Crippen LogP contribution in [0.5, 0.6) is 5.75 Å². The fourth-order valence-electron chi connectivity index (χ4n) is 2.76. The summed E-state index contributed by atoms with van der Waals surface area (Å²) in [7, 11) is 1.59. The average molecular weight is 339 g/mol. The Morgan fingerprint density at radius 2 is 2.08 bits per heavy atom. The van der Waals surface area contributed by atoms with Crippen molar-refractivity contribution in [2.75, 3.05) is 20.2 Å². The normalized spacial score (nSPS) is 14.4. The maximum atomic E-state index is 12.5. The standard InChI is InChI=1S/C16H17N7O2/c1-25-15-4-2-3-12(7-15)16(24)21-10-14(11-21)22-8-13(19-20-22)9-23-17-5-6-18-23/h2-8,14H,9-11H2,1H3. The number of aromatic nitrogens is 6. The smallest absolute Gasteiger partial charge is 0.254 e. The zero-order valence-electron chi connectivity index (χ0n) is 13.7. The van der Waals surface area contributed by atoms with E-state index in [9.17, 15) is 4.79 Å². The molecule has 9 nitrogen and oxygen atoms in total. The number of hydrogen-bond donors (Lipinski definition) is 0. The highest BCUT2D eigenvalue weighted by Crippen LogP contribution is 2.24. The van der Waals surface area contributed by atoms with Crippen LogP contribution in [-0.4, -0.2) is 61.0 Å². The highest BCUT2D eigenvalue weighted by Gasteiger charge is 2.33. The van der Waals surface area contributed by atoms with Crippen LogP contribution in [0.3, 0.4) is 0 Å². The van der Waals surface area contributed by atoms with Crippen LogP contribution in [0.1, 0.15) is 22.1 Å². The highest BCUT2D eigenvalue weighted by atomic mass is 16.5. The first kappa shape index (κ1) is 15.3. The SMILES string of the molecule is COc1cccc(C(=O)N2CC(n3cc(Cn4nccn4)nn3)C2)c1. The van der Waals surface area contributed by atoms with Crippen molar-refractivity contribution in [3.8, 4) is 5.75 Å².